The molecule has 0 saturated carbocycles. The SMILES string of the molecule is CCN(CC(N)=O)Cc1cccc([N+](=O)[O-])c1NC. The van der Waals surface area contributed by atoms with Gasteiger partial charge in [-0.15, -0.1) is 0 Å². The van der Waals surface area contributed by atoms with Gasteiger partial charge in [0.15, 0.2) is 0 Å². The average Bonchev–Trinajstić information content (AvgIpc) is 2.36. The summed E-state index contributed by atoms with van der Waals surface area (Å²) in [5.41, 5.74) is 6.42. The number of amides is 1. The lowest BCUT2D eigenvalue weighted by molar-refractivity contribution is -0.384. The van der Waals surface area contributed by atoms with E-state index in [4.69, 9.17) is 5.73 Å². The molecule has 0 fully saturated rings. The van der Waals surface area contributed by atoms with Gasteiger partial charge in [0.2, 0.25) is 5.91 Å². The van der Waals surface area contributed by atoms with Gasteiger partial charge in [0.25, 0.3) is 5.69 Å². The Labute approximate surface area is 111 Å². The normalized spacial score (nSPS) is 10.5. The van der Waals surface area contributed by atoms with Crippen molar-refractivity contribution in [2.75, 3.05) is 25.5 Å². The van der Waals surface area contributed by atoms with Crippen molar-refractivity contribution in [3.8, 4) is 0 Å². The molecule has 1 aromatic rings. The van der Waals surface area contributed by atoms with Crippen LogP contribution < -0.4 is 11.1 Å². The average molecular weight is 266 g/mol. The molecule has 0 aromatic heterocycles. The van der Waals surface area contributed by atoms with Crippen LogP contribution in [0.3, 0.4) is 0 Å². The van der Waals surface area contributed by atoms with E-state index in [1.807, 2.05) is 11.8 Å². The van der Waals surface area contributed by atoms with Crippen molar-refractivity contribution in [3.05, 3.63) is 33.9 Å². The molecule has 1 rings (SSSR count). The summed E-state index contributed by atoms with van der Waals surface area (Å²) in [6.07, 6.45) is 0. The van der Waals surface area contributed by atoms with Crippen LogP contribution in [0.4, 0.5) is 11.4 Å². The van der Waals surface area contributed by atoms with Crippen molar-refractivity contribution < 1.29 is 9.72 Å². The van der Waals surface area contributed by atoms with Gasteiger partial charge in [-0.1, -0.05) is 19.1 Å². The fraction of sp³-hybridized carbons (Fsp3) is 0.417. The number of nitrogens with zero attached hydrogens (tertiary/aromatic N) is 2. The molecule has 0 unspecified atom stereocenters. The first-order chi connectivity index (χ1) is 8.99. The Kier molecular flexibility index (Phi) is 5.25. The molecule has 0 aliphatic carbocycles. The van der Waals surface area contributed by atoms with Crippen LogP contribution in [0, 0.1) is 10.1 Å². The molecule has 0 atom stereocenters. The fourth-order valence-corrected chi connectivity index (χ4v) is 1.90. The topological polar surface area (TPSA) is 102 Å². The number of anilines is 1. The van der Waals surface area contributed by atoms with Gasteiger partial charge in [0.05, 0.1) is 11.5 Å². The summed E-state index contributed by atoms with van der Waals surface area (Å²) < 4.78 is 0. The number of nitro benzene ring substituents is 1. The first kappa shape index (κ1) is 14.9. The van der Waals surface area contributed by atoms with Gasteiger partial charge >= 0.3 is 0 Å². The number of likely N-dealkylation sites (N-methyl/N-ethyl adjacent to an activating group) is 1. The Morgan fingerprint density at radius 3 is 2.68 bits per heavy atom. The Morgan fingerprint density at radius 1 is 1.53 bits per heavy atom. The largest absolute Gasteiger partial charge is 0.382 e. The highest BCUT2D eigenvalue weighted by atomic mass is 16.6. The van der Waals surface area contributed by atoms with Crippen molar-refractivity contribution >= 4 is 17.3 Å². The summed E-state index contributed by atoms with van der Waals surface area (Å²) in [6.45, 7) is 3.09. The summed E-state index contributed by atoms with van der Waals surface area (Å²) in [4.78, 5) is 23.3. The van der Waals surface area contributed by atoms with Crippen LogP contribution in [-0.2, 0) is 11.3 Å². The number of nitro groups is 1. The van der Waals surface area contributed by atoms with Crippen LogP contribution >= 0.6 is 0 Å². The minimum Gasteiger partial charge on any atom is -0.382 e. The van der Waals surface area contributed by atoms with Gasteiger partial charge in [0, 0.05) is 19.7 Å². The van der Waals surface area contributed by atoms with Gasteiger partial charge in [-0.25, -0.2) is 0 Å². The Balaban J connectivity index is 3.02. The van der Waals surface area contributed by atoms with Crippen LogP contribution in [-0.4, -0.2) is 35.9 Å². The molecule has 7 heteroatoms. The summed E-state index contributed by atoms with van der Waals surface area (Å²) >= 11 is 0. The van der Waals surface area contributed by atoms with Gasteiger partial charge < -0.3 is 11.1 Å². The lowest BCUT2D eigenvalue weighted by Gasteiger charge is -2.20. The van der Waals surface area contributed by atoms with Crippen molar-refractivity contribution in [1.29, 1.82) is 0 Å². The molecule has 104 valence electrons. The van der Waals surface area contributed by atoms with Gasteiger partial charge in [-0.2, -0.15) is 0 Å². The van der Waals surface area contributed by atoms with Crippen molar-refractivity contribution in [2.24, 2.45) is 5.73 Å². The van der Waals surface area contributed by atoms with E-state index in [1.54, 1.807) is 19.2 Å². The minimum atomic E-state index is -0.431. The molecule has 0 bridgehead atoms. The molecule has 0 saturated heterocycles. The molecule has 0 spiro atoms. The number of hydrogen-bond donors (Lipinski definition) is 2. The molecule has 3 N–H and O–H groups in total. The summed E-state index contributed by atoms with van der Waals surface area (Å²) in [5, 5.41) is 13.8. The number of benzene rings is 1. The molecular formula is C12H18N4O3. The number of rotatable bonds is 7. The zero-order chi connectivity index (χ0) is 14.4. The standard InChI is InChI=1S/C12H18N4O3/c1-3-15(8-11(13)17)7-9-5-4-6-10(16(18)19)12(9)14-2/h4-6,14H,3,7-8H2,1-2H3,(H2,13,17). The van der Waals surface area contributed by atoms with E-state index in [0.717, 1.165) is 5.56 Å². The Hall–Kier alpha value is -2.15. The number of nitrogens with one attached hydrogen (secondary N) is 1. The number of para-hydroxylation sites is 1. The second kappa shape index (κ2) is 6.69. The van der Waals surface area contributed by atoms with Crippen molar-refractivity contribution in [2.45, 2.75) is 13.5 Å². The number of primary amides is 1. The molecule has 0 radical (unpaired) electrons. The highest BCUT2D eigenvalue weighted by molar-refractivity contribution is 5.76. The van der Waals surface area contributed by atoms with E-state index in [-0.39, 0.29) is 12.2 Å². The summed E-state index contributed by atoms with van der Waals surface area (Å²) in [7, 11) is 1.64. The van der Waals surface area contributed by atoms with Crippen LogP contribution in [0.1, 0.15) is 12.5 Å². The third-order valence-electron chi connectivity index (χ3n) is 2.80. The van der Waals surface area contributed by atoms with Crippen LogP contribution in [0.2, 0.25) is 0 Å². The van der Waals surface area contributed by atoms with Crippen LogP contribution in [0.5, 0.6) is 0 Å². The minimum absolute atomic E-state index is 0.0233. The second-order valence-electron chi connectivity index (χ2n) is 4.09. The third-order valence-corrected chi connectivity index (χ3v) is 2.80. The monoisotopic (exact) mass is 266 g/mol. The van der Waals surface area contributed by atoms with Gasteiger partial charge in [-0.3, -0.25) is 19.8 Å². The highest BCUT2D eigenvalue weighted by Crippen LogP contribution is 2.28. The van der Waals surface area contributed by atoms with Crippen LogP contribution in [0.25, 0.3) is 0 Å². The Bertz CT molecular complexity index is 476. The Morgan fingerprint density at radius 2 is 2.21 bits per heavy atom. The third kappa shape index (κ3) is 3.92. The van der Waals surface area contributed by atoms with E-state index < -0.39 is 10.8 Å². The summed E-state index contributed by atoms with van der Waals surface area (Å²) in [6, 6.07) is 4.87. The molecule has 0 aliphatic rings. The number of nitrogens with two attached hydrogens (primary N) is 1. The number of carbonyl (C=O) groups excluding carboxylic acids is 1. The predicted octanol–water partition coefficient (Wildman–Crippen LogP) is 0.944. The van der Waals surface area contributed by atoms with Gasteiger partial charge in [0.1, 0.15) is 5.69 Å². The van der Waals surface area contributed by atoms with Crippen molar-refractivity contribution in [3.63, 3.8) is 0 Å². The smallest absolute Gasteiger partial charge is 0.292 e. The lowest BCUT2D eigenvalue weighted by atomic mass is 10.1. The van der Waals surface area contributed by atoms with E-state index in [9.17, 15) is 14.9 Å². The van der Waals surface area contributed by atoms with E-state index in [0.29, 0.717) is 18.8 Å². The van der Waals surface area contributed by atoms with E-state index >= 15 is 0 Å². The zero-order valence-corrected chi connectivity index (χ0v) is 11.0. The molecule has 19 heavy (non-hydrogen) atoms. The molecular weight excluding hydrogens is 248 g/mol. The maximum absolute atomic E-state index is 10.9. The van der Waals surface area contributed by atoms with Crippen molar-refractivity contribution in [1.82, 2.24) is 4.90 Å². The number of hydrogen-bond acceptors (Lipinski definition) is 5. The highest BCUT2D eigenvalue weighted by Gasteiger charge is 2.18. The molecule has 0 aliphatic heterocycles. The molecule has 1 amide bonds. The molecule has 1 aromatic carbocycles. The first-order valence-corrected chi connectivity index (χ1v) is 5.94. The quantitative estimate of drug-likeness (QED) is 0.565. The summed E-state index contributed by atoms with van der Waals surface area (Å²) in [5.74, 6) is -0.418. The lowest BCUT2D eigenvalue weighted by Crippen LogP contribution is -2.33. The predicted molar refractivity (Wildman–Crippen MR) is 72.8 cm³/mol. The first-order valence-electron chi connectivity index (χ1n) is 5.94. The van der Waals surface area contributed by atoms with E-state index in [1.165, 1.54) is 6.07 Å². The second-order valence-corrected chi connectivity index (χ2v) is 4.09. The van der Waals surface area contributed by atoms with E-state index in [2.05, 4.69) is 5.32 Å². The zero-order valence-electron chi connectivity index (χ0n) is 11.0. The maximum atomic E-state index is 10.9. The van der Waals surface area contributed by atoms with Gasteiger partial charge in [-0.05, 0) is 12.1 Å². The molecule has 7 nitrogen and oxygen atoms in total. The fourth-order valence-electron chi connectivity index (χ4n) is 1.90. The molecule has 0 heterocycles. The maximum Gasteiger partial charge on any atom is 0.292 e. The van der Waals surface area contributed by atoms with Crippen LogP contribution in [0.15, 0.2) is 18.2 Å². The number of carbonyl (C=O) groups is 1.